The third-order valence-corrected chi connectivity index (χ3v) is 1.95. The Balaban J connectivity index is 4.80. The van der Waals surface area contributed by atoms with Crippen molar-refractivity contribution in [3.05, 3.63) is 11.8 Å². The highest BCUT2D eigenvalue weighted by molar-refractivity contribution is 5.04. The second-order valence-corrected chi connectivity index (χ2v) is 7.86. The minimum Gasteiger partial charge on any atom is -0.342 e. The summed E-state index contributed by atoms with van der Waals surface area (Å²) in [6.07, 6.45) is 1.88. The lowest BCUT2D eigenvalue weighted by atomic mass is 10.0. The van der Waals surface area contributed by atoms with E-state index in [1.54, 1.807) is 0 Å². The van der Waals surface area contributed by atoms with Gasteiger partial charge in [-0.2, -0.15) is 4.89 Å². The highest BCUT2D eigenvalue weighted by atomic mass is 17.2. The Hall–Kier alpha value is -0.580. The fourth-order valence-corrected chi connectivity index (χ4v) is 1.06. The zero-order chi connectivity index (χ0) is 16.2. The molecule has 0 amide bonds. The molecule has 0 aliphatic carbocycles. The second kappa shape index (κ2) is 6.92. The van der Waals surface area contributed by atoms with Crippen molar-refractivity contribution in [3.8, 4) is 0 Å². The minimum absolute atomic E-state index is 0.190. The van der Waals surface area contributed by atoms with E-state index >= 15 is 0 Å². The first kappa shape index (κ1) is 19.4. The fourth-order valence-electron chi connectivity index (χ4n) is 1.06. The molecule has 0 heterocycles. The summed E-state index contributed by atoms with van der Waals surface area (Å²) in [5.41, 5.74) is -1.32. The van der Waals surface area contributed by atoms with Crippen LogP contribution in [0.15, 0.2) is 11.8 Å². The van der Waals surface area contributed by atoms with E-state index in [4.69, 9.17) is 19.6 Å². The number of rotatable bonds is 6. The molecule has 0 bridgehead atoms. The molecule has 0 aromatic heterocycles. The summed E-state index contributed by atoms with van der Waals surface area (Å²) in [5.74, 6) is 0.914. The van der Waals surface area contributed by atoms with Crippen LogP contribution in [0.25, 0.3) is 0 Å². The van der Waals surface area contributed by atoms with E-state index in [9.17, 15) is 0 Å². The maximum absolute atomic E-state index is 5.49. The van der Waals surface area contributed by atoms with Crippen molar-refractivity contribution >= 4 is 0 Å². The first-order valence-corrected chi connectivity index (χ1v) is 7.17. The molecule has 120 valence electrons. The number of hydrogen-bond donors (Lipinski definition) is 0. The highest BCUT2D eigenvalue weighted by Crippen LogP contribution is 2.24. The van der Waals surface area contributed by atoms with Gasteiger partial charge in [-0.25, -0.2) is 9.78 Å². The molecule has 0 aromatic rings. The summed E-state index contributed by atoms with van der Waals surface area (Å²) in [7, 11) is 0. The normalized spacial score (nSPS) is 14.8. The van der Waals surface area contributed by atoms with Crippen LogP contribution < -0.4 is 0 Å². The Bertz CT molecular complexity index is 316. The molecule has 0 spiro atoms. The fraction of sp³-hybridized carbons (Fsp3) is 0.875. The quantitative estimate of drug-likeness (QED) is 0.400. The molecule has 4 heteroatoms. The van der Waals surface area contributed by atoms with Gasteiger partial charge in [0.2, 0.25) is 0 Å². The molecule has 0 aliphatic heterocycles. The summed E-state index contributed by atoms with van der Waals surface area (Å²) in [6, 6.07) is 0. The smallest absolute Gasteiger partial charge is 0.144 e. The zero-order valence-corrected chi connectivity index (χ0v) is 14.8. The predicted octanol–water partition coefficient (Wildman–Crippen LogP) is 4.80. The number of hydrogen-bond acceptors (Lipinski definition) is 4. The Kier molecular flexibility index (Phi) is 6.72. The average Bonchev–Trinajstić information content (AvgIpc) is 2.19. The standard InChI is InChI=1S/C16H32O4/c1-12(2)13(17-18-14(3,4)5)11-16(9,10)20-19-15(6,7)8/h11-12H,1-10H3/b13-11+. The lowest BCUT2D eigenvalue weighted by Gasteiger charge is -2.28. The molecule has 4 nitrogen and oxygen atoms in total. The van der Waals surface area contributed by atoms with Crippen LogP contribution in [0.2, 0.25) is 0 Å². The molecule has 0 fully saturated rings. The van der Waals surface area contributed by atoms with Crippen molar-refractivity contribution in [2.24, 2.45) is 5.92 Å². The Labute approximate surface area is 124 Å². The lowest BCUT2D eigenvalue weighted by molar-refractivity contribution is -0.388. The van der Waals surface area contributed by atoms with Crippen LogP contribution >= 0.6 is 0 Å². The van der Waals surface area contributed by atoms with Gasteiger partial charge in [-0.05, 0) is 61.5 Å². The molecule has 0 unspecified atom stereocenters. The van der Waals surface area contributed by atoms with Crippen LogP contribution in [0.4, 0.5) is 0 Å². The van der Waals surface area contributed by atoms with Crippen molar-refractivity contribution in [2.45, 2.75) is 86.0 Å². The SMILES string of the molecule is CC(C)/C(=C\C(C)(C)OOC(C)(C)C)OOC(C)(C)C. The molecule has 0 saturated carbocycles. The summed E-state index contributed by atoms with van der Waals surface area (Å²) in [4.78, 5) is 21.7. The van der Waals surface area contributed by atoms with Crippen LogP contribution in [0, 0.1) is 5.92 Å². The van der Waals surface area contributed by atoms with Gasteiger partial charge >= 0.3 is 0 Å². The minimum atomic E-state index is -0.603. The van der Waals surface area contributed by atoms with Crippen LogP contribution in [0.5, 0.6) is 0 Å². The largest absolute Gasteiger partial charge is 0.342 e. The monoisotopic (exact) mass is 288 g/mol. The van der Waals surface area contributed by atoms with Crippen LogP contribution in [0.1, 0.15) is 69.2 Å². The van der Waals surface area contributed by atoms with Crippen molar-refractivity contribution in [1.29, 1.82) is 0 Å². The van der Waals surface area contributed by atoms with E-state index in [-0.39, 0.29) is 17.1 Å². The van der Waals surface area contributed by atoms with E-state index in [2.05, 4.69) is 0 Å². The molecule has 0 saturated heterocycles. The Morgan fingerprint density at radius 1 is 0.750 bits per heavy atom. The summed E-state index contributed by atoms with van der Waals surface area (Å²) in [6.45, 7) is 19.6. The third-order valence-electron chi connectivity index (χ3n) is 1.95. The first-order chi connectivity index (χ1) is 8.72. The molecular weight excluding hydrogens is 256 g/mol. The molecular formula is C16H32O4. The van der Waals surface area contributed by atoms with Crippen LogP contribution in [0.3, 0.4) is 0 Å². The molecule has 20 heavy (non-hydrogen) atoms. The summed E-state index contributed by atoms with van der Waals surface area (Å²) >= 11 is 0. The summed E-state index contributed by atoms with van der Waals surface area (Å²) < 4.78 is 0. The van der Waals surface area contributed by atoms with Gasteiger partial charge in [0, 0.05) is 5.92 Å². The van der Waals surface area contributed by atoms with E-state index in [0.717, 1.165) is 5.76 Å². The Morgan fingerprint density at radius 3 is 1.55 bits per heavy atom. The van der Waals surface area contributed by atoms with Gasteiger partial charge in [0.1, 0.15) is 17.0 Å². The van der Waals surface area contributed by atoms with Gasteiger partial charge in [-0.3, -0.25) is 0 Å². The zero-order valence-electron chi connectivity index (χ0n) is 14.8. The van der Waals surface area contributed by atoms with Gasteiger partial charge < -0.3 is 4.89 Å². The van der Waals surface area contributed by atoms with Gasteiger partial charge in [0.25, 0.3) is 0 Å². The van der Waals surface area contributed by atoms with Gasteiger partial charge in [-0.1, -0.05) is 13.8 Å². The van der Waals surface area contributed by atoms with Gasteiger partial charge in [0.05, 0.1) is 5.60 Å². The molecule has 0 radical (unpaired) electrons. The predicted molar refractivity (Wildman–Crippen MR) is 80.8 cm³/mol. The number of allylic oxidation sites excluding steroid dienone is 1. The molecule has 0 aromatic carbocycles. The molecule has 0 N–H and O–H groups in total. The van der Waals surface area contributed by atoms with Crippen LogP contribution in [-0.4, -0.2) is 16.8 Å². The van der Waals surface area contributed by atoms with E-state index < -0.39 is 5.60 Å². The van der Waals surface area contributed by atoms with Crippen molar-refractivity contribution in [2.75, 3.05) is 0 Å². The van der Waals surface area contributed by atoms with E-state index in [0.29, 0.717) is 0 Å². The Morgan fingerprint density at radius 2 is 1.20 bits per heavy atom. The summed E-state index contributed by atoms with van der Waals surface area (Å²) in [5, 5.41) is 0. The van der Waals surface area contributed by atoms with E-state index in [1.165, 1.54) is 0 Å². The van der Waals surface area contributed by atoms with Crippen molar-refractivity contribution in [3.63, 3.8) is 0 Å². The topological polar surface area (TPSA) is 36.9 Å². The van der Waals surface area contributed by atoms with Gasteiger partial charge in [0.15, 0.2) is 0 Å². The maximum Gasteiger partial charge on any atom is 0.144 e. The lowest BCUT2D eigenvalue weighted by Crippen LogP contribution is -2.30. The van der Waals surface area contributed by atoms with Crippen molar-refractivity contribution in [1.82, 2.24) is 0 Å². The highest BCUT2D eigenvalue weighted by Gasteiger charge is 2.25. The third kappa shape index (κ3) is 10.2. The molecule has 0 rings (SSSR count). The molecule has 0 aliphatic rings. The van der Waals surface area contributed by atoms with Crippen LogP contribution in [-0.2, 0) is 19.6 Å². The maximum atomic E-state index is 5.49. The average molecular weight is 288 g/mol. The van der Waals surface area contributed by atoms with Crippen molar-refractivity contribution < 1.29 is 19.6 Å². The second-order valence-electron chi connectivity index (χ2n) is 7.86. The first-order valence-electron chi connectivity index (χ1n) is 7.17. The van der Waals surface area contributed by atoms with Gasteiger partial charge in [-0.15, -0.1) is 0 Å². The van der Waals surface area contributed by atoms with E-state index in [1.807, 2.05) is 75.3 Å². The molecule has 0 atom stereocenters.